The predicted molar refractivity (Wildman–Crippen MR) is 110 cm³/mol. The lowest BCUT2D eigenvalue weighted by molar-refractivity contribution is -0.917. The lowest BCUT2D eigenvalue weighted by Gasteiger charge is -2.34. The fraction of sp³-hybridized carbons (Fsp3) is 0.381. The Balaban J connectivity index is 1.64. The molecular weight excluding hydrogens is 393 g/mol. The van der Waals surface area contributed by atoms with Crippen LogP contribution in [0.5, 0.6) is 0 Å². The number of hydrogen-bond donors (Lipinski definition) is 2. The number of para-hydroxylation sites is 1. The second-order valence-electron chi connectivity index (χ2n) is 7.47. The van der Waals surface area contributed by atoms with Gasteiger partial charge in [0, 0.05) is 5.69 Å². The monoisotopic (exact) mass is 420 g/mol. The van der Waals surface area contributed by atoms with E-state index in [1.165, 1.54) is 22.5 Å². The van der Waals surface area contributed by atoms with Crippen LogP contribution in [-0.4, -0.2) is 50.9 Å². The number of aryl methyl sites for hydroxylation is 2. The van der Waals surface area contributed by atoms with Crippen LogP contribution in [0.1, 0.15) is 18.1 Å². The summed E-state index contributed by atoms with van der Waals surface area (Å²) in [6.07, 6.45) is 0. The number of piperazine rings is 1. The topological polar surface area (TPSA) is 70.9 Å². The van der Waals surface area contributed by atoms with E-state index in [4.69, 9.17) is 0 Å². The van der Waals surface area contributed by atoms with Crippen LogP contribution >= 0.6 is 0 Å². The van der Waals surface area contributed by atoms with Crippen molar-refractivity contribution in [2.75, 3.05) is 31.5 Å². The maximum Gasteiger partial charge on any atom is 0.282 e. The van der Waals surface area contributed by atoms with Crippen molar-refractivity contribution in [2.45, 2.75) is 31.7 Å². The molecule has 0 unspecified atom stereocenters. The van der Waals surface area contributed by atoms with E-state index in [1.807, 2.05) is 39.0 Å². The molecule has 156 valence electrons. The molecule has 2 aromatic carbocycles. The second kappa shape index (κ2) is 8.61. The molecule has 0 radical (unpaired) electrons. The maximum absolute atomic E-state index is 14.0. The molecule has 0 saturated carbocycles. The van der Waals surface area contributed by atoms with E-state index in [9.17, 15) is 17.6 Å². The lowest BCUT2D eigenvalue weighted by Crippen LogP contribution is -3.19. The summed E-state index contributed by atoms with van der Waals surface area (Å²) in [6, 6.07) is 10.9. The Labute approximate surface area is 171 Å². The zero-order chi connectivity index (χ0) is 21.2. The molecule has 1 aliphatic rings. The first kappa shape index (κ1) is 21.4. The van der Waals surface area contributed by atoms with Crippen LogP contribution in [0.25, 0.3) is 0 Å². The first-order chi connectivity index (χ1) is 13.7. The molecule has 29 heavy (non-hydrogen) atoms. The molecule has 1 heterocycles. The highest BCUT2D eigenvalue weighted by Crippen LogP contribution is 2.20. The van der Waals surface area contributed by atoms with E-state index in [1.54, 1.807) is 0 Å². The van der Waals surface area contributed by atoms with Crippen LogP contribution in [0.3, 0.4) is 0 Å². The van der Waals surface area contributed by atoms with Gasteiger partial charge in [-0.3, -0.25) is 4.79 Å². The van der Waals surface area contributed by atoms with Crippen molar-refractivity contribution in [1.82, 2.24) is 4.31 Å². The number of benzene rings is 2. The van der Waals surface area contributed by atoms with Gasteiger partial charge in [0.2, 0.25) is 10.0 Å². The van der Waals surface area contributed by atoms with E-state index in [2.05, 4.69) is 5.32 Å². The number of nitrogens with zero attached hydrogens (tertiary/aromatic N) is 1. The normalized spacial score (nSPS) is 17.1. The number of carbonyl (C=O) groups is 1. The highest BCUT2D eigenvalue weighted by Gasteiger charge is 2.35. The van der Waals surface area contributed by atoms with Crippen LogP contribution in [0.15, 0.2) is 47.4 Å². The molecule has 1 aliphatic heterocycles. The molecule has 8 heteroatoms. The minimum Gasteiger partial charge on any atom is -0.323 e. The van der Waals surface area contributed by atoms with Crippen molar-refractivity contribution in [3.63, 3.8) is 0 Å². The van der Waals surface area contributed by atoms with Gasteiger partial charge in [0.15, 0.2) is 6.04 Å². The van der Waals surface area contributed by atoms with Crippen LogP contribution in [-0.2, 0) is 14.8 Å². The average Bonchev–Trinajstić information content (AvgIpc) is 2.70. The number of carbonyl (C=O) groups excluding carboxylic acids is 1. The third-order valence-corrected chi connectivity index (χ3v) is 7.49. The van der Waals surface area contributed by atoms with Crippen LogP contribution in [0.4, 0.5) is 10.1 Å². The zero-order valence-corrected chi connectivity index (χ0v) is 17.7. The van der Waals surface area contributed by atoms with Gasteiger partial charge >= 0.3 is 0 Å². The number of anilines is 1. The quantitative estimate of drug-likeness (QED) is 0.767. The van der Waals surface area contributed by atoms with Crippen molar-refractivity contribution in [3.05, 3.63) is 59.4 Å². The van der Waals surface area contributed by atoms with Gasteiger partial charge in [-0.05, 0) is 44.0 Å². The number of nitrogens with one attached hydrogen (secondary N) is 2. The van der Waals surface area contributed by atoms with Gasteiger partial charge in [0.25, 0.3) is 5.91 Å². The van der Waals surface area contributed by atoms with Crippen LogP contribution in [0.2, 0.25) is 0 Å². The van der Waals surface area contributed by atoms with Crippen molar-refractivity contribution < 1.29 is 22.5 Å². The molecule has 2 N–H and O–H groups in total. The van der Waals surface area contributed by atoms with Gasteiger partial charge in [-0.1, -0.05) is 30.3 Å². The highest BCUT2D eigenvalue weighted by molar-refractivity contribution is 7.89. The molecule has 6 nitrogen and oxygen atoms in total. The van der Waals surface area contributed by atoms with Crippen molar-refractivity contribution in [2.24, 2.45) is 0 Å². The fourth-order valence-electron chi connectivity index (χ4n) is 3.67. The number of amides is 1. The molecule has 1 amide bonds. The van der Waals surface area contributed by atoms with Crippen LogP contribution in [0, 0.1) is 19.7 Å². The number of halogens is 1. The maximum atomic E-state index is 14.0. The molecule has 3 rings (SSSR count). The Hall–Kier alpha value is -2.29. The van der Waals surface area contributed by atoms with Crippen molar-refractivity contribution >= 4 is 21.6 Å². The molecule has 0 aromatic heterocycles. The summed E-state index contributed by atoms with van der Waals surface area (Å²) in [5.41, 5.74) is 2.83. The molecule has 0 spiro atoms. The first-order valence-corrected chi connectivity index (χ1v) is 11.1. The Morgan fingerprint density at radius 3 is 2.24 bits per heavy atom. The van der Waals surface area contributed by atoms with Crippen molar-refractivity contribution in [1.29, 1.82) is 0 Å². The first-order valence-electron chi connectivity index (χ1n) is 9.68. The lowest BCUT2D eigenvalue weighted by atomic mass is 10.1. The summed E-state index contributed by atoms with van der Waals surface area (Å²) in [4.78, 5) is 13.5. The second-order valence-corrected chi connectivity index (χ2v) is 9.38. The summed E-state index contributed by atoms with van der Waals surface area (Å²) >= 11 is 0. The summed E-state index contributed by atoms with van der Waals surface area (Å²) in [5, 5.41) is 3.01. The van der Waals surface area contributed by atoms with Gasteiger partial charge < -0.3 is 10.2 Å². The summed E-state index contributed by atoms with van der Waals surface area (Å²) in [6.45, 7) is 7.20. The molecule has 1 saturated heterocycles. The van der Waals surface area contributed by atoms with E-state index in [0.717, 1.165) is 27.8 Å². The highest BCUT2D eigenvalue weighted by atomic mass is 32.2. The van der Waals surface area contributed by atoms with Gasteiger partial charge in [-0.25, -0.2) is 12.8 Å². The third-order valence-electron chi connectivity index (χ3n) is 5.55. The fourth-order valence-corrected chi connectivity index (χ4v) is 5.17. The van der Waals surface area contributed by atoms with Gasteiger partial charge in [0.1, 0.15) is 10.7 Å². The molecule has 0 bridgehead atoms. The van der Waals surface area contributed by atoms with E-state index in [-0.39, 0.29) is 29.9 Å². The molecular formula is C21H27FN3O3S+. The molecule has 1 fully saturated rings. The van der Waals surface area contributed by atoms with E-state index < -0.39 is 15.8 Å². The minimum atomic E-state index is -3.88. The molecule has 0 aliphatic carbocycles. The standard InChI is InChI=1S/C21H26FN3O3S/c1-15-7-6-8-16(2)20(15)23-21(26)17(3)24-11-13-25(14-12-24)29(27,28)19-10-5-4-9-18(19)22/h4-10,17H,11-14H2,1-3H3,(H,23,26)/p+1/t17-/m1/s1. The van der Waals surface area contributed by atoms with E-state index in [0.29, 0.717) is 13.1 Å². The largest absolute Gasteiger partial charge is 0.323 e. The predicted octanol–water partition coefficient (Wildman–Crippen LogP) is 1.36. The Morgan fingerprint density at radius 2 is 1.66 bits per heavy atom. The Morgan fingerprint density at radius 1 is 1.07 bits per heavy atom. The number of rotatable bonds is 5. The average molecular weight is 421 g/mol. The van der Waals surface area contributed by atoms with Gasteiger partial charge in [-0.2, -0.15) is 4.31 Å². The number of hydrogen-bond acceptors (Lipinski definition) is 3. The zero-order valence-electron chi connectivity index (χ0n) is 16.9. The summed E-state index contributed by atoms with van der Waals surface area (Å²) < 4.78 is 40.7. The number of sulfonamides is 1. The summed E-state index contributed by atoms with van der Waals surface area (Å²) in [5.74, 6) is -0.841. The third kappa shape index (κ3) is 4.49. The molecule has 1 atom stereocenters. The molecule has 2 aromatic rings. The summed E-state index contributed by atoms with van der Waals surface area (Å²) in [7, 11) is -3.88. The Bertz CT molecular complexity index is 982. The van der Waals surface area contributed by atoms with Gasteiger partial charge in [-0.15, -0.1) is 0 Å². The minimum absolute atomic E-state index is 0.0946. The Kier molecular flexibility index (Phi) is 6.36. The van der Waals surface area contributed by atoms with Crippen LogP contribution < -0.4 is 10.2 Å². The van der Waals surface area contributed by atoms with E-state index >= 15 is 0 Å². The van der Waals surface area contributed by atoms with Crippen molar-refractivity contribution in [3.8, 4) is 0 Å². The smallest absolute Gasteiger partial charge is 0.282 e. The SMILES string of the molecule is Cc1cccc(C)c1NC(=O)[C@@H](C)[NH+]1CCN(S(=O)(=O)c2ccccc2F)CC1. The number of quaternary nitrogens is 1. The van der Waals surface area contributed by atoms with Gasteiger partial charge in [0.05, 0.1) is 26.2 Å².